The molecule has 0 saturated carbocycles. The molecule has 3 aromatic carbocycles. The fraction of sp³-hybridized carbons (Fsp3) is 0.333. The van der Waals surface area contributed by atoms with Crippen molar-refractivity contribution in [1.82, 2.24) is 0 Å². The first-order valence-corrected chi connectivity index (χ1v) is 10.6. The van der Waals surface area contributed by atoms with Crippen LogP contribution in [0.2, 0.25) is 0 Å². The quantitative estimate of drug-likeness (QED) is 0.378. The van der Waals surface area contributed by atoms with Crippen LogP contribution in [0.15, 0.2) is 84.9 Å². The lowest BCUT2D eigenvalue weighted by Crippen LogP contribution is -2.32. The minimum atomic E-state index is -0.383. The molecular weight excluding hydrogens is 356 g/mol. The second-order valence-corrected chi connectivity index (χ2v) is 7.69. The predicted molar refractivity (Wildman–Crippen MR) is 120 cm³/mol. The number of rotatable bonds is 9. The lowest BCUT2D eigenvalue weighted by Gasteiger charge is -2.34. The average molecular weight is 389 g/mol. The van der Waals surface area contributed by atoms with E-state index in [0.29, 0.717) is 0 Å². The fourth-order valence-corrected chi connectivity index (χ4v) is 3.79. The van der Waals surface area contributed by atoms with E-state index in [2.05, 4.69) is 76.2 Å². The molecule has 0 N–H and O–H groups in total. The Kier molecular flexibility index (Phi) is 6.64. The van der Waals surface area contributed by atoms with E-state index in [1.165, 1.54) is 5.56 Å². The molecular formula is C27H32O2. The van der Waals surface area contributed by atoms with Gasteiger partial charge in [-0.25, -0.2) is 0 Å². The number of ether oxygens (including phenoxy) is 2. The van der Waals surface area contributed by atoms with Gasteiger partial charge >= 0.3 is 0 Å². The Morgan fingerprint density at radius 2 is 1.07 bits per heavy atom. The molecule has 0 radical (unpaired) electrons. The van der Waals surface area contributed by atoms with Gasteiger partial charge in [0.2, 0.25) is 0 Å². The van der Waals surface area contributed by atoms with Gasteiger partial charge < -0.3 is 9.47 Å². The van der Waals surface area contributed by atoms with Gasteiger partial charge in [0, 0.05) is 0 Å². The summed E-state index contributed by atoms with van der Waals surface area (Å²) in [6.07, 6.45) is 2.71. The highest BCUT2D eigenvalue weighted by atomic mass is 16.5. The van der Waals surface area contributed by atoms with Crippen molar-refractivity contribution in [2.75, 3.05) is 0 Å². The Bertz CT molecular complexity index is 867. The first-order valence-electron chi connectivity index (χ1n) is 10.6. The molecule has 0 heterocycles. The van der Waals surface area contributed by atoms with Crippen LogP contribution in [0.5, 0.6) is 11.5 Å². The molecule has 29 heavy (non-hydrogen) atoms. The van der Waals surface area contributed by atoms with Gasteiger partial charge in [0.25, 0.3) is 0 Å². The Hall–Kier alpha value is -2.74. The average Bonchev–Trinajstić information content (AvgIpc) is 2.79. The van der Waals surface area contributed by atoms with Gasteiger partial charge in [-0.3, -0.25) is 0 Å². The van der Waals surface area contributed by atoms with Crippen LogP contribution >= 0.6 is 0 Å². The summed E-state index contributed by atoms with van der Waals surface area (Å²) in [4.78, 5) is 0. The third-order valence-electron chi connectivity index (χ3n) is 5.98. The lowest BCUT2D eigenvalue weighted by atomic mass is 9.88. The van der Waals surface area contributed by atoms with Crippen LogP contribution in [-0.2, 0) is 11.2 Å². The number of hydrogen-bond acceptors (Lipinski definition) is 2. The SMILES string of the molecule is CCC(C)(Oc1ccccc1)c1ccc(OC(CC)(CC)c2ccccc2)cc1. The van der Waals surface area contributed by atoms with Gasteiger partial charge in [0.15, 0.2) is 0 Å². The zero-order valence-electron chi connectivity index (χ0n) is 18.0. The van der Waals surface area contributed by atoms with E-state index in [1.807, 2.05) is 36.4 Å². The molecule has 152 valence electrons. The largest absolute Gasteiger partial charge is 0.483 e. The van der Waals surface area contributed by atoms with Crippen LogP contribution in [0.3, 0.4) is 0 Å². The molecule has 0 aliphatic heterocycles. The van der Waals surface area contributed by atoms with Gasteiger partial charge in [-0.1, -0.05) is 81.4 Å². The van der Waals surface area contributed by atoms with Gasteiger partial charge in [-0.15, -0.1) is 0 Å². The second kappa shape index (κ2) is 9.17. The van der Waals surface area contributed by atoms with Gasteiger partial charge in [-0.2, -0.15) is 0 Å². The van der Waals surface area contributed by atoms with Crippen molar-refractivity contribution in [1.29, 1.82) is 0 Å². The van der Waals surface area contributed by atoms with E-state index in [0.717, 1.165) is 36.3 Å². The van der Waals surface area contributed by atoms with Crippen LogP contribution in [0.25, 0.3) is 0 Å². The summed E-state index contributed by atoms with van der Waals surface area (Å²) in [5.74, 6) is 1.77. The summed E-state index contributed by atoms with van der Waals surface area (Å²) >= 11 is 0. The first-order chi connectivity index (χ1) is 14.0. The molecule has 0 amide bonds. The molecule has 0 fully saturated rings. The summed E-state index contributed by atoms with van der Waals surface area (Å²) in [5.41, 5.74) is 1.68. The fourth-order valence-electron chi connectivity index (χ4n) is 3.79. The molecule has 1 atom stereocenters. The van der Waals surface area contributed by atoms with Crippen molar-refractivity contribution in [2.45, 2.75) is 58.2 Å². The van der Waals surface area contributed by atoms with E-state index in [-0.39, 0.29) is 11.2 Å². The minimum absolute atomic E-state index is 0.308. The molecule has 0 aromatic heterocycles. The van der Waals surface area contributed by atoms with Crippen molar-refractivity contribution in [3.63, 3.8) is 0 Å². The Labute approximate surface area is 175 Å². The summed E-state index contributed by atoms with van der Waals surface area (Å²) < 4.78 is 12.9. The Balaban J connectivity index is 1.83. The van der Waals surface area contributed by atoms with E-state index < -0.39 is 0 Å². The zero-order valence-corrected chi connectivity index (χ0v) is 18.0. The molecule has 3 rings (SSSR count). The number of hydrogen-bond donors (Lipinski definition) is 0. The summed E-state index contributed by atoms with van der Waals surface area (Å²) in [6.45, 7) is 8.67. The first kappa shape index (κ1) is 21.0. The van der Waals surface area contributed by atoms with Gasteiger partial charge in [0.1, 0.15) is 22.7 Å². The summed E-state index contributed by atoms with van der Waals surface area (Å²) in [6, 6.07) is 28.9. The van der Waals surface area contributed by atoms with Crippen LogP contribution in [0, 0.1) is 0 Å². The van der Waals surface area contributed by atoms with Crippen LogP contribution in [-0.4, -0.2) is 0 Å². The van der Waals surface area contributed by atoms with Crippen molar-refractivity contribution in [3.8, 4) is 11.5 Å². The van der Waals surface area contributed by atoms with Crippen molar-refractivity contribution >= 4 is 0 Å². The highest BCUT2D eigenvalue weighted by Gasteiger charge is 2.31. The van der Waals surface area contributed by atoms with Crippen molar-refractivity contribution < 1.29 is 9.47 Å². The van der Waals surface area contributed by atoms with E-state index in [1.54, 1.807) is 0 Å². The zero-order chi connectivity index (χ0) is 20.7. The van der Waals surface area contributed by atoms with Crippen molar-refractivity contribution in [2.24, 2.45) is 0 Å². The van der Waals surface area contributed by atoms with Crippen LogP contribution < -0.4 is 9.47 Å². The van der Waals surface area contributed by atoms with E-state index >= 15 is 0 Å². The summed E-state index contributed by atoms with van der Waals surface area (Å²) in [7, 11) is 0. The lowest BCUT2D eigenvalue weighted by molar-refractivity contribution is 0.0568. The molecule has 2 heteroatoms. The Morgan fingerprint density at radius 1 is 0.552 bits per heavy atom. The van der Waals surface area contributed by atoms with Gasteiger partial charge in [-0.05, 0) is 61.6 Å². The van der Waals surface area contributed by atoms with E-state index in [4.69, 9.17) is 9.47 Å². The maximum atomic E-state index is 6.57. The Morgan fingerprint density at radius 3 is 1.59 bits per heavy atom. The molecule has 0 spiro atoms. The predicted octanol–water partition coefficient (Wildman–Crippen LogP) is 7.49. The maximum absolute atomic E-state index is 6.57. The topological polar surface area (TPSA) is 18.5 Å². The maximum Gasteiger partial charge on any atom is 0.133 e. The smallest absolute Gasteiger partial charge is 0.133 e. The molecule has 0 saturated heterocycles. The minimum Gasteiger partial charge on any atom is -0.483 e. The van der Waals surface area contributed by atoms with E-state index in [9.17, 15) is 0 Å². The molecule has 0 aliphatic carbocycles. The summed E-state index contributed by atoms with van der Waals surface area (Å²) in [5, 5.41) is 0. The molecule has 0 aliphatic rings. The standard InChI is InChI=1S/C27H32O2/c1-5-26(4,28-24-16-12-9-13-17-24)22-18-20-25(21-19-22)29-27(6-2,7-3)23-14-10-8-11-15-23/h8-21H,5-7H2,1-4H3. The highest BCUT2D eigenvalue weighted by Crippen LogP contribution is 2.36. The molecule has 2 nitrogen and oxygen atoms in total. The number of benzene rings is 3. The highest BCUT2D eigenvalue weighted by molar-refractivity contribution is 5.34. The monoisotopic (exact) mass is 388 g/mol. The second-order valence-electron chi connectivity index (χ2n) is 7.69. The number of para-hydroxylation sites is 1. The van der Waals surface area contributed by atoms with Crippen LogP contribution in [0.4, 0.5) is 0 Å². The third kappa shape index (κ3) is 4.64. The van der Waals surface area contributed by atoms with Crippen LogP contribution in [0.1, 0.15) is 58.1 Å². The molecule has 3 aromatic rings. The third-order valence-corrected chi connectivity index (χ3v) is 5.98. The van der Waals surface area contributed by atoms with Gasteiger partial charge in [0.05, 0.1) is 0 Å². The molecule has 1 unspecified atom stereocenters. The van der Waals surface area contributed by atoms with Crippen molar-refractivity contribution in [3.05, 3.63) is 96.1 Å². The normalized spacial score (nSPS) is 13.5. The molecule has 0 bridgehead atoms.